The molecule has 110 valence electrons. The second kappa shape index (κ2) is 5.60. The molecule has 0 radical (unpaired) electrons. The molecule has 3 heteroatoms. The van der Waals surface area contributed by atoms with Gasteiger partial charge in [-0.2, -0.15) is 0 Å². The Morgan fingerprint density at radius 1 is 1.00 bits per heavy atom. The summed E-state index contributed by atoms with van der Waals surface area (Å²) in [6.45, 7) is 6.41. The minimum Gasteiger partial charge on any atom is -0.506 e. The topological polar surface area (TPSA) is 40.5 Å². The van der Waals surface area contributed by atoms with Crippen LogP contribution in [0.25, 0.3) is 0 Å². The third-order valence-electron chi connectivity index (χ3n) is 3.55. The van der Waals surface area contributed by atoms with E-state index >= 15 is 0 Å². The number of para-hydroxylation sites is 2. The van der Waals surface area contributed by atoms with E-state index in [1.807, 2.05) is 24.3 Å². The zero-order chi connectivity index (χ0) is 15.6. The molecule has 0 heterocycles. The molecule has 0 spiro atoms. The molecular formula is C18H21NO2. The molecule has 0 aliphatic rings. The van der Waals surface area contributed by atoms with Crippen molar-refractivity contribution in [3.8, 4) is 5.75 Å². The third-order valence-corrected chi connectivity index (χ3v) is 3.55. The highest BCUT2D eigenvalue weighted by Crippen LogP contribution is 2.27. The summed E-state index contributed by atoms with van der Waals surface area (Å²) in [6.07, 6.45) is 0. The van der Waals surface area contributed by atoms with Gasteiger partial charge >= 0.3 is 0 Å². The van der Waals surface area contributed by atoms with Crippen LogP contribution in [0.15, 0.2) is 48.5 Å². The van der Waals surface area contributed by atoms with Gasteiger partial charge in [-0.05, 0) is 35.2 Å². The smallest absolute Gasteiger partial charge is 0.258 e. The van der Waals surface area contributed by atoms with Crippen molar-refractivity contribution in [3.63, 3.8) is 0 Å². The zero-order valence-corrected chi connectivity index (χ0v) is 12.9. The molecule has 21 heavy (non-hydrogen) atoms. The fraction of sp³-hybridized carbons (Fsp3) is 0.278. The van der Waals surface area contributed by atoms with E-state index in [1.165, 1.54) is 10.5 Å². The molecule has 0 bridgehead atoms. The molecule has 2 aromatic carbocycles. The fourth-order valence-electron chi connectivity index (χ4n) is 2.16. The lowest BCUT2D eigenvalue weighted by Crippen LogP contribution is -2.26. The fourth-order valence-corrected chi connectivity index (χ4v) is 2.16. The van der Waals surface area contributed by atoms with Crippen molar-refractivity contribution < 1.29 is 9.90 Å². The summed E-state index contributed by atoms with van der Waals surface area (Å²) in [5.74, 6) is -0.0448. The molecule has 1 amide bonds. The van der Waals surface area contributed by atoms with Crippen LogP contribution in [-0.2, 0) is 5.41 Å². The van der Waals surface area contributed by atoms with E-state index in [0.29, 0.717) is 11.3 Å². The maximum atomic E-state index is 12.5. The molecular weight excluding hydrogens is 262 g/mol. The van der Waals surface area contributed by atoms with Gasteiger partial charge in [-0.1, -0.05) is 45.0 Å². The Labute approximate surface area is 125 Å². The van der Waals surface area contributed by atoms with Gasteiger partial charge in [0, 0.05) is 12.6 Å². The number of phenols is 1. The van der Waals surface area contributed by atoms with Crippen molar-refractivity contribution in [3.05, 3.63) is 59.7 Å². The lowest BCUT2D eigenvalue weighted by molar-refractivity contribution is 0.0992. The van der Waals surface area contributed by atoms with Gasteiger partial charge in [0.2, 0.25) is 0 Å². The zero-order valence-electron chi connectivity index (χ0n) is 12.9. The lowest BCUT2D eigenvalue weighted by Gasteiger charge is -2.21. The number of hydrogen-bond donors (Lipinski definition) is 1. The van der Waals surface area contributed by atoms with Crippen LogP contribution >= 0.6 is 0 Å². The molecule has 0 saturated carbocycles. The molecule has 2 aromatic rings. The first-order chi connectivity index (χ1) is 9.80. The van der Waals surface area contributed by atoms with Crippen molar-refractivity contribution in [1.29, 1.82) is 0 Å². The Morgan fingerprint density at radius 3 is 2.10 bits per heavy atom. The van der Waals surface area contributed by atoms with Crippen LogP contribution in [0.5, 0.6) is 5.75 Å². The van der Waals surface area contributed by atoms with Crippen molar-refractivity contribution in [2.75, 3.05) is 11.9 Å². The Kier molecular flexibility index (Phi) is 4.03. The largest absolute Gasteiger partial charge is 0.506 e. The number of rotatable bonds is 2. The summed E-state index contributed by atoms with van der Waals surface area (Å²) in [4.78, 5) is 13.9. The van der Waals surface area contributed by atoms with Crippen LogP contribution in [0.2, 0.25) is 0 Å². The molecule has 0 aromatic heterocycles. The van der Waals surface area contributed by atoms with Gasteiger partial charge in [0.15, 0.2) is 0 Å². The van der Waals surface area contributed by atoms with E-state index in [4.69, 9.17) is 0 Å². The number of nitrogens with zero attached hydrogens (tertiary/aromatic N) is 1. The maximum Gasteiger partial charge on any atom is 0.258 e. The summed E-state index contributed by atoms with van der Waals surface area (Å²) in [7, 11) is 1.66. The van der Waals surface area contributed by atoms with Gasteiger partial charge in [0.25, 0.3) is 5.91 Å². The predicted octanol–water partition coefficient (Wildman–Crippen LogP) is 3.97. The first-order valence-electron chi connectivity index (χ1n) is 6.97. The second-order valence-electron chi connectivity index (χ2n) is 6.18. The average Bonchev–Trinajstić information content (AvgIpc) is 2.45. The molecule has 2 rings (SSSR count). The summed E-state index contributed by atoms with van der Waals surface area (Å²) < 4.78 is 0. The normalized spacial score (nSPS) is 11.2. The molecule has 0 fully saturated rings. The van der Waals surface area contributed by atoms with E-state index in [0.717, 1.165) is 0 Å². The Morgan fingerprint density at radius 2 is 1.57 bits per heavy atom. The van der Waals surface area contributed by atoms with Gasteiger partial charge in [0.05, 0.1) is 5.69 Å². The van der Waals surface area contributed by atoms with Crippen LogP contribution in [0.3, 0.4) is 0 Å². The van der Waals surface area contributed by atoms with E-state index in [2.05, 4.69) is 20.8 Å². The quantitative estimate of drug-likeness (QED) is 0.906. The Bertz CT molecular complexity index is 639. The number of carbonyl (C=O) groups excluding carboxylic acids is 1. The molecule has 3 nitrogen and oxygen atoms in total. The first-order valence-corrected chi connectivity index (χ1v) is 6.97. The number of benzene rings is 2. The highest BCUT2D eigenvalue weighted by atomic mass is 16.3. The van der Waals surface area contributed by atoms with E-state index in [-0.39, 0.29) is 17.1 Å². The second-order valence-corrected chi connectivity index (χ2v) is 6.18. The van der Waals surface area contributed by atoms with Crippen molar-refractivity contribution in [1.82, 2.24) is 0 Å². The Hall–Kier alpha value is -2.29. The van der Waals surface area contributed by atoms with Crippen LogP contribution in [-0.4, -0.2) is 18.1 Å². The van der Waals surface area contributed by atoms with Crippen LogP contribution in [0, 0.1) is 0 Å². The molecule has 0 atom stereocenters. The van der Waals surface area contributed by atoms with Gasteiger partial charge < -0.3 is 10.0 Å². The predicted molar refractivity (Wildman–Crippen MR) is 86.0 cm³/mol. The number of hydrogen-bond acceptors (Lipinski definition) is 2. The van der Waals surface area contributed by atoms with E-state index < -0.39 is 0 Å². The van der Waals surface area contributed by atoms with Gasteiger partial charge in [0.1, 0.15) is 5.75 Å². The average molecular weight is 283 g/mol. The number of amides is 1. The third kappa shape index (κ3) is 3.24. The van der Waals surface area contributed by atoms with Crippen LogP contribution < -0.4 is 4.90 Å². The SMILES string of the molecule is CN(C(=O)c1ccc(C(C)(C)C)cc1)c1ccccc1O. The molecule has 0 saturated heterocycles. The monoisotopic (exact) mass is 283 g/mol. The molecule has 0 aliphatic heterocycles. The van der Waals surface area contributed by atoms with Gasteiger partial charge in [-0.15, -0.1) is 0 Å². The van der Waals surface area contributed by atoms with Crippen molar-refractivity contribution >= 4 is 11.6 Å². The summed E-state index contributed by atoms with van der Waals surface area (Å²) >= 11 is 0. The van der Waals surface area contributed by atoms with E-state index in [1.54, 1.807) is 31.3 Å². The van der Waals surface area contributed by atoms with Crippen LogP contribution in [0.4, 0.5) is 5.69 Å². The van der Waals surface area contributed by atoms with Gasteiger partial charge in [-0.25, -0.2) is 0 Å². The molecule has 0 unspecified atom stereocenters. The molecule has 0 aliphatic carbocycles. The minimum atomic E-state index is -0.142. The number of carbonyl (C=O) groups is 1. The van der Waals surface area contributed by atoms with Crippen molar-refractivity contribution in [2.45, 2.75) is 26.2 Å². The first kappa shape index (κ1) is 15.1. The van der Waals surface area contributed by atoms with Gasteiger partial charge in [-0.3, -0.25) is 4.79 Å². The molecule has 1 N–H and O–H groups in total. The van der Waals surface area contributed by atoms with Crippen LogP contribution in [0.1, 0.15) is 36.7 Å². The Balaban J connectivity index is 2.26. The van der Waals surface area contributed by atoms with Crippen molar-refractivity contribution in [2.24, 2.45) is 0 Å². The number of aromatic hydroxyl groups is 1. The standard InChI is InChI=1S/C18H21NO2/c1-18(2,3)14-11-9-13(10-12-14)17(21)19(4)15-7-5-6-8-16(15)20/h5-12,20H,1-4H3. The highest BCUT2D eigenvalue weighted by molar-refractivity contribution is 6.06. The maximum absolute atomic E-state index is 12.5. The number of anilines is 1. The summed E-state index contributed by atoms with van der Waals surface area (Å²) in [6, 6.07) is 14.4. The minimum absolute atomic E-state index is 0.0607. The van der Waals surface area contributed by atoms with E-state index in [9.17, 15) is 9.90 Å². The number of phenolic OH excluding ortho intramolecular Hbond substituents is 1. The highest BCUT2D eigenvalue weighted by Gasteiger charge is 2.18. The summed E-state index contributed by atoms with van der Waals surface area (Å²) in [5, 5.41) is 9.83. The lowest BCUT2D eigenvalue weighted by atomic mass is 9.86. The summed E-state index contributed by atoms with van der Waals surface area (Å²) in [5.41, 5.74) is 2.35.